The molecule has 11 nitrogen and oxygen atoms in total. The third-order valence-electron chi connectivity index (χ3n) is 9.13. The number of hydrogen-bond donors (Lipinski definition) is 1. The number of methoxy groups -OCH3 is 1. The number of nitrogens with zero attached hydrogens (tertiary/aromatic N) is 6. The Morgan fingerprint density at radius 1 is 1.18 bits per heavy atom. The van der Waals surface area contributed by atoms with Crippen LogP contribution in [0.4, 0.5) is 15.9 Å². The fourth-order valence-electron chi connectivity index (χ4n) is 6.45. The molecule has 0 amide bonds. The van der Waals surface area contributed by atoms with Crippen molar-refractivity contribution in [1.82, 2.24) is 19.4 Å². The van der Waals surface area contributed by atoms with Crippen LogP contribution in [0.2, 0.25) is 5.02 Å². The Labute approximate surface area is 263 Å². The standard InChI is InChI=1S/C32H32ClFN6O5/c1-37(2)20-13-38(14-20)28-6-4-18(12-35-28)39-15-22(32(42)43)30(41)21-10-23(33)27(11-26(21)39)40-19(8-17-9-25(17)40)16-45-31-24(34)5-7-29(36-31)44-3/h4-7,10-12,15,17,19-20,25H,8-9,13-14,16H2,1-3H3,(H,42,43)/t17-,19+,25+/m0/s1. The van der Waals surface area contributed by atoms with E-state index in [1.807, 2.05) is 18.2 Å². The molecule has 0 radical (unpaired) electrons. The first-order chi connectivity index (χ1) is 21.6. The monoisotopic (exact) mass is 634 g/mol. The number of ether oxygens (including phenoxy) is 2. The fraction of sp³-hybridized carbons (Fsp3) is 0.375. The van der Waals surface area contributed by atoms with Crippen molar-refractivity contribution in [2.45, 2.75) is 31.0 Å². The zero-order valence-electron chi connectivity index (χ0n) is 25.0. The van der Waals surface area contributed by atoms with Gasteiger partial charge >= 0.3 is 5.97 Å². The lowest BCUT2D eigenvalue weighted by Crippen LogP contribution is -2.57. The van der Waals surface area contributed by atoms with E-state index in [0.29, 0.717) is 33.9 Å². The van der Waals surface area contributed by atoms with Crippen LogP contribution in [-0.2, 0) is 0 Å². The number of carbonyl (C=O) groups is 1. The van der Waals surface area contributed by atoms with Gasteiger partial charge in [0.2, 0.25) is 11.3 Å². The number of piperidine rings is 1. The molecule has 3 atom stereocenters. The predicted octanol–water partition coefficient (Wildman–Crippen LogP) is 4.08. The highest BCUT2D eigenvalue weighted by Gasteiger charge is 2.52. The highest BCUT2D eigenvalue weighted by molar-refractivity contribution is 6.34. The van der Waals surface area contributed by atoms with Crippen molar-refractivity contribution >= 4 is 40.0 Å². The molecule has 0 unspecified atom stereocenters. The van der Waals surface area contributed by atoms with Crippen molar-refractivity contribution in [2.75, 3.05) is 50.7 Å². The van der Waals surface area contributed by atoms with Crippen LogP contribution >= 0.6 is 11.6 Å². The molecule has 1 saturated carbocycles. The lowest BCUT2D eigenvalue weighted by Gasteiger charge is -2.43. The van der Waals surface area contributed by atoms with Gasteiger partial charge in [-0.15, -0.1) is 0 Å². The highest BCUT2D eigenvalue weighted by Crippen LogP contribution is 2.51. The largest absolute Gasteiger partial charge is 0.481 e. The Morgan fingerprint density at radius 2 is 1.98 bits per heavy atom. The summed E-state index contributed by atoms with van der Waals surface area (Å²) in [5.74, 6) is -0.535. The summed E-state index contributed by atoms with van der Waals surface area (Å²) in [6.45, 7) is 1.91. The molecule has 3 aromatic heterocycles. The summed E-state index contributed by atoms with van der Waals surface area (Å²) in [7, 11) is 5.56. The molecule has 0 spiro atoms. The van der Waals surface area contributed by atoms with E-state index in [2.05, 4.69) is 38.8 Å². The van der Waals surface area contributed by atoms with E-state index in [4.69, 9.17) is 21.1 Å². The molecule has 3 fully saturated rings. The maximum absolute atomic E-state index is 14.4. The maximum atomic E-state index is 14.4. The van der Waals surface area contributed by atoms with Crippen LogP contribution in [-0.4, -0.2) is 89.5 Å². The molecule has 7 rings (SSSR count). The number of carboxylic acids is 1. The Kier molecular flexibility index (Phi) is 7.28. The third-order valence-corrected chi connectivity index (χ3v) is 9.43. The van der Waals surface area contributed by atoms with Crippen LogP contribution in [0, 0.1) is 11.7 Å². The van der Waals surface area contributed by atoms with Crippen molar-refractivity contribution in [3.8, 4) is 17.4 Å². The summed E-state index contributed by atoms with van der Waals surface area (Å²) in [6.07, 6.45) is 4.83. The lowest BCUT2D eigenvalue weighted by atomic mass is 10.1. The van der Waals surface area contributed by atoms with Crippen LogP contribution in [0.5, 0.6) is 11.8 Å². The summed E-state index contributed by atoms with van der Waals surface area (Å²) in [4.78, 5) is 40.7. The molecular formula is C32H32ClFN6O5. The minimum Gasteiger partial charge on any atom is -0.481 e. The quantitative estimate of drug-likeness (QED) is 0.289. The lowest BCUT2D eigenvalue weighted by molar-refractivity contribution is 0.0695. The zero-order chi connectivity index (χ0) is 31.6. The normalized spacial score (nSPS) is 20.8. The van der Waals surface area contributed by atoms with Gasteiger partial charge < -0.3 is 33.8 Å². The van der Waals surface area contributed by atoms with Crippen LogP contribution in [0.1, 0.15) is 23.2 Å². The van der Waals surface area contributed by atoms with E-state index in [0.717, 1.165) is 31.7 Å². The molecule has 1 aromatic carbocycles. The predicted molar refractivity (Wildman–Crippen MR) is 168 cm³/mol. The van der Waals surface area contributed by atoms with Crippen LogP contribution in [0.25, 0.3) is 16.6 Å². The molecule has 1 N–H and O–H groups in total. The van der Waals surface area contributed by atoms with Gasteiger partial charge in [-0.25, -0.2) is 14.2 Å². The first-order valence-electron chi connectivity index (χ1n) is 14.7. The first kappa shape index (κ1) is 29.3. The SMILES string of the molecule is COc1ccc(F)c(OC[C@H]2C[C@H]3C[C@H]3N2c2cc3c(cc2Cl)c(=O)c(C(=O)O)cn3-c2ccc(N3CC(N(C)C)C3)nc2)n1. The molecular weight excluding hydrogens is 603 g/mol. The molecule has 45 heavy (non-hydrogen) atoms. The Morgan fingerprint density at radius 3 is 2.67 bits per heavy atom. The molecule has 1 aliphatic carbocycles. The van der Waals surface area contributed by atoms with Gasteiger partial charge in [-0.05, 0) is 63.2 Å². The first-order valence-corrected chi connectivity index (χ1v) is 15.1. The van der Waals surface area contributed by atoms with Gasteiger partial charge in [-0.3, -0.25) is 4.79 Å². The summed E-state index contributed by atoms with van der Waals surface area (Å²) in [6, 6.07) is 10.4. The molecule has 4 aromatic rings. The Balaban J connectivity index is 1.25. The topological polar surface area (TPSA) is 113 Å². The number of anilines is 2. The van der Waals surface area contributed by atoms with Crippen molar-refractivity contribution in [3.63, 3.8) is 0 Å². The number of carboxylic acid groups (broad SMARTS) is 1. The van der Waals surface area contributed by atoms with Crippen molar-refractivity contribution in [2.24, 2.45) is 5.92 Å². The summed E-state index contributed by atoms with van der Waals surface area (Å²) >= 11 is 6.84. The summed E-state index contributed by atoms with van der Waals surface area (Å²) in [5.41, 5.74) is 0.814. The molecule has 5 heterocycles. The number of pyridine rings is 3. The number of rotatable bonds is 9. The fourth-order valence-corrected chi connectivity index (χ4v) is 6.72. The Hall–Kier alpha value is -4.42. The van der Waals surface area contributed by atoms with Crippen molar-refractivity contribution in [3.05, 3.63) is 75.4 Å². The second-order valence-electron chi connectivity index (χ2n) is 12.1. The zero-order valence-corrected chi connectivity index (χ0v) is 25.7. The van der Waals surface area contributed by atoms with Gasteiger partial charge in [0.05, 0.1) is 41.3 Å². The van der Waals surface area contributed by atoms with Crippen LogP contribution in [0.15, 0.2) is 53.6 Å². The average molecular weight is 635 g/mol. The molecule has 3 aliphatic rings. The van der Waals surface area contributed by atoms with E-state index < -0.39 is 17.2 Å². The minimum absolute atomic E-state index is 0.127. The molecule has 234 valence electrons. The number of hydrogen-bond acceptors (Lipinski definition) is 9. The van der Waals surface area contributed by atoms with Gasteiger partial charge in [0.15, 0.2) is 5.82 Å². The van der Waals surface area contributed by atoms with E-state index in [-0.39, 0.29) is 41.4 Å². The number of aromatic nitrogens is 3. The molecule has 0 bridgehead atoms. The van der Waals surface area contributed by atoms with E-state index >= 15 is 0 Å². The second-order valence-corrected chi connectivity index (χ2v) is 12.5. The molecule has 2 saturated heterocycles. The maximum Gasteiger partial charge on any atom is 0.341 e. The van der Waals surface area contributed by atoms with Gasteiger partial charge in [-0.2, -0.15) is 4.98 Å². The van der Waals surface area contributed by atoms with Gasteiger partial charge in [0.1, 0.15) is 18.0 Å². The number of fused-ring (bicyclic) bond motifs is 2. The average Bonchev–Trinajstić information content (AvgIpc) is 3.66. The number of halogens is 2. The molecule has 2 aliphatic heterocycles. The summed E-state index contributed by atoms with van der Waals surface area (Å²) < 4.78 is 27.1. The Bertz CT molecular complexity index is 1860. The summed E-state index contributed by atoms with van der Waals surface area (Å²) in [5, 5.41) is 10.4. The van der Waals surface area contributed by atoms with Crippen molar-refractivity contribution in [1.29, 1.82) is 0 Å². The second kappa shape index (κ2) is 11.2. The van der Waals surface area contributed by atoms with E-state index in [1.165, 1.54) is 31.5 Å². The van der Waals surface area contributed by atoms with E-state index in [1.54, 1.807) is 10.8 Å². The molecule has 13 heteroatoms. The minimum atomic E-state index is -1.33. The number of aromatic carboxylic acids is 1. The van der Waals surface area contributed by atoms with Crippen LogP contribution < -0.4 is 24.7 Å². The third kappa shape index (κ3) is 5.21. The number of likely N-dealkylation sites (N-methyl/N-ethyl adjacent to an activating group) is 1. The van der Waals surface area contributed by atoms with Gasteiger partial charge in [0.25, 0.3) is 5.88 Å². The highest BCUT2D eigenvalue weighted by atomic mass is 35.5. The smallest absolute Gasteiger partial charge is 0.341 e. The van der Waals surface area contributed by atoms with E-state index in [9.17, 15) is 19.1 Å². The van der Waals surface area contributed by atoms with Crippen LogP contribution in [0.3, 0.4) is 0 Å². The number of benzene rings is 1. The van der Waals surface area contributed by atoms with Gasteiger partial charge in [-0.1, -0.05) is 11.6 Å². The van der Waals surface area contributed by atoms with Gasteiger partial charge in [0, 0.05) is 42.8 Å². The van der Waals surface area contributed by atoms with Crippen molar-refractivity contribution < 1.29 is 23.8 Å².